The number of aliphatic hydroxyl groups is 2. The van der Waals surface area contributed by atoms with Gasteiger partial charge in [0.2, 0.25) is 0 Å². The summed E-state index contributed by atoms with van der Waals surface area (Å²) in [6.07, 6.45) is 1.10. The molecule has 0 aliphatic carbocycles. The first-order valence-corrected chi connectivity index (χ1v) is 10.4. The standard InChI is InChI=1S/C24H26FNO2S.ClH/c1-17-3-2-4-20(13-17)29-21-9-10-22(23(25)14-21)19-7-5-18(6-8-19)11-12-24(26,15-27)16-28;/h2-10,13-14,27-28H,11-12,15-16,26H2,1H3;1H. The third-order valence-corrected chi connectivity index (χ3v) is 5.95. The zero-order valence-corrected chi connectivity index (χ0v) is 18.5. The van der Waals surface area contributed by atoms with Crippen molar-refractivity contribution in [2.45, 2.75) is 35.1 Å². The number of aliphatic hydroxyl groups excluding tert-OH is 2. The lowest BCUT2D eigenvalue weighted by atomic mass is 9.93. The maximum absolute atomic E-state index is 14.7. The van der Waals surface area contributed by atoms with Crippen molar-refractivity contribution >= 4 is 24.2 Å². The molecule has 0 saturated carbocycles. The highest BCUT2D eigenvalue weighted by molar-refractivity contribution is 7.99. The summed E-state index contributed by atoms with van der Waals surface area (Å²) in [7, 11) is 0. The molecule has 0 saturated heterocycles. The summed E-state index contributed by atoms with van der Waals surface area (Å²) in [6, 6.07) is 21.1. The van der Waals surface area contributed by atoms with Crippen molar-refractivity contribution in [1.29, 1.82) is 0 Å². The van der Waals surface area contributed by atoms with E-state index in [2.05, 4.69) is 6.07 Å². The molecule has 0 atom stereocenters. The Labute approximate surface area is 187 Å². The molecule has 30 heavy (non-hydrogen) atoms. The van der Waals surface area contributed by atoms with E-state index in [1.807, 2.05) is 61.5 Å². The van der Waals surface area contributed by atoms with Crippen molar-refractivity contribution in [3.8, 4) is 11.1 Å². The zero-order valence-electron chi connectivity index (χ0n) is 16.8. The van der Waals surface area contributed by atoms with Gasteiger partial charge in [0.15, 0.2) is 0 Å². The van der Waals surface area contributed by atoms with Crippen LogP contribution in [-0.2, 0) is 6.42 Å². The second-order valence-electron chi connectivity index (χ2n) is 7.44. The van der Waals surface area contributed by atoms with Crippen LogP contribution in [0.4, 0.5) is 4.39 Å². The van der Waals surface area contributed by atoms with E-state index in [0.717, 1.165) is 20.9 Å². The predicted octanol–water partition coefficient (Wildman–Crippen LogP) is 4.99. The Kier molecular flexibility index (Phi) is 8.89. The highest BCUT2D eigenvalue weighted by atomic mass is 35.5. The molecule has 0 amide bonds. The number of halogens is 2. The van der Waals surface area contributed by atoms with Crippen molar-refractivity contribution in [3.05, 3.63) is 83.7 Å². The van der Waals surface area contributed by atoms with Gasteiger partial charge in [-0.2, -0.15) is 0 Å². The van der Waals surface area contributed by atoms with E-state index in [1.165, 1.54) is 5.56 Å². The monoisotopic (exact) mass is 447 g/mol. The first kappa shape index (κ1) is 24.4. The summed E-state index contributed by atoms with van der Waals surface area (Å²) in [5.74, 6) is -0.253. The zero-order chi connectivity index (χ0) is 20.9. The molecule has 0 aromatic heterocycles. The van der Waals surface area contributed by atoms with E-state index < -0.39 is 5.54 Å². The SMILES string of the molecule is Cc1cccc(Sc2ccc(-c3ccc(CCC(N)(CO)CO)cc3)c(F)c2)c1.Cl. The summed E-state index contributed by atoms with van der Waals surface area (Å²) in [4.78, 5) is 1.95. The van der Waals surface area contributed by atoms with Gasteiger partial charge in [0, 0.05) is 15.4 Å². The number of nitrogens with two attached hydrogens (primary N) is 1. The van der Waals surface area contributed by atoms with Crippen molar-refractivity contribution in [2.24, 2.45) is 5.73 Å². The van der Waals surface area contributed by atoms with Crippen LogP contribution in [0.2, 0.25) is 0 Å². The Morgan fingerprint density at radius 1 is 0.933 bits per heavy atom. The maximum Gasteiger partial charge on any atom is 0.132 e. The molecule has 0 aliphatic heterocycles. The van der Waals surface area contributed by atoms with Gasteiger partial charge in [-0.15, -0.1) is 12.4 Å². The van der Waals surface area contributed by atoms with Gasteiger partial charge in [-0.05, 0) is 55.2 Å². The van der Waals surface area contributed by atoms with Crippen LogP contribution in [0.15, 0.2) is 76.5 Å². The maximum atomic E-state index is 14.7. The molecule has 160 valence electrons. The lowest BCUT2D eigenvalue weighted by Gasteiger charge is -2.24. The third kappa shape index (κ3) is 6.30. The van der Waals surface area contributed by atoms with Gasteiger partial charge in [-0.25, -0.2) is 4.39 Å². The van der Waals surface area contributed by atoms with Gasteiger partial charge in [0.25, 0.3) is 0 Å². The molecule has 0 unspecified atom stereocenters. The summed E-state index contributed by atoms with van der Waals surface area (Å²) >= 11 is 1.54. The quantitative estimate of drug-likeness (QED) is 0.455. The van der Waals surface area contributed by atoms with Crippen LogP contribution in [0.25, 0.3) is 11.1 Å². The fourth-order valence-corrected chi connectivity index (χ4v) is 4.02. The van der Waals surface area contributed by atoms with Gasteiger partial charge in [-0.1, -0.05) is 59.8 Å². The smallest absolute Gasteiger partial charge is 0.132 e. The first-order valence-electron chi connectivity index (χ1n) is 9.56. The number of aryl methyl sites for hydroxylation is 2. The Morgan fingerprint density at radius 2 is 1.60 bits per heavy atom. The van der Waals surface area contributed by atoms with E-state index in [1.54, 1.807) is 17.8 Å². The molecule has 0 spiro atoms. The molecule has 3 aromatic rings. The number of hydrogen-bond donors (Lipinski definition) is 3. The minimum absolute atomic E-state index is 0. The van der Waals surface area contributed by atoms with Crippen molar-refractivity contribution in [1.82, 2.24) is 0 Å². The summed E-state index contributed by atoms with van der Waals surface area (Å²) in [5, 5.41) is 18.6. The first-order chi connectivity index (χ1) is 13.9. The van der Waals surface area contributed by atoms with E-state index >= 15 is 0 Å². The largest absolute Gasteiger partial charge is 0.394 e. The Hall–Kier alpha value is -1.89. The molecule has 3 aromatic carbocycles. The number of rotatable bonds is 8. The van der Waals surface area contributed by atoms with Gasteiger partial charge in [0.05, 0.1) is 18.8 Å². The van der Waals surface area contributed by atoms with E-state index in [9.17, 15) is 14.6 Å². The molecule has 0 fully saturated rings. The number of hydrogen-bond acceptors (Lipinski definition) is 4. The van der Waals surface area contributed by atoms with Crippen LogP contribution >= 0.6 is 24.2 Å². The fraction of sp³-hybridized carbons (Fsp3) is 0.250. The topological polar surface area (TPSA) is 66.5 Å². The Balaban J connectivity index is 0.00000320. The van der Waals surface area contributed by atoms with Gasteiger partial charge in [-0.3, -0.25) is 0 Å². The van der Waals surface area contributed by atoms with E-state index in [4.69, 9.17) is 5.73 Å². The molecule has 3 rings (SSSR count). The average Bonchev–Trinajstić information content (AvgIpc) is 2.73. The lowest BCUT2D eigenvalue weighted by Crippen LogP contribution is -2.47. The molecule has 4 N–H and O–H groups in total. The highest BCUT2D eigenvalue weighted by Gasteiger charge is 2.22. The minimum atomic E-state index is -0.977. The van der Waals surface area contributed by atoms with Crippen LogP contribution in [0.1, 0.15) is 17.5 Å². The van der Waals surface area contributed by atoms with Gasteiger partial charge >= 0.3 is 0 Å². The molecule has 0 aliphatic rings. The molecule has 0 bridgehead atoms. The molecular weight excluding hydrogens is 421 g/mol. The fourth-order valence-electron chi connectivity index (χ4n) is 3.06. The number of benzene rings is 3. The minimum Gasteiger partial charge on any atom is -0.394 e. The van der Waals surface area contributed by atoms with Crippen LogP contribution in [0.3, 0.4) is 0 Å². The third-order valence-electron chi connectivity index (χ3n) is 4.97. The summed E-state index contributed by atoms with van der Waals surface area (Å²) in [5.41, 5.74) is 8.50. The second kappa shape index (κ2) is 10.9. The normalized spacial score (nSPS) is 11.2. The summed E-state index contributed by atoms with van der Waals surface area (Å²) in [6.45, 7) is 1.51. The van der Waals surface area contributed by atoms with Crippen molar-refractivity contribution in [3.63, 3.8) is 0 Å². The van der Waals surface area contributed by atoms with Gasteiger partial charge < -0.3 is 15.9 Å². The van der Waals surface area contributed by atoms with Crippen LogP contribution in [0.5, 0.6) is 0 Å². The predicted molar refractivity (Wildman–Crippen MR) is 124 cm³/mol. The highest BCUT2D eigenvalue weighted by Crippen LogP contribution is 2.32. The van der Waals surface area contributed by atoms with Crippen molar-refractivity contribution in [2.75, 3.05) is 13.2 Å². The molecule has 0 heterocycles. The van der Waals surface area contributed by atoms with Crippen LogP contribution < -0.4 is 5.73 Å². The van der Waals surface area contributed by atoms with Crippen LogP contribution in [0, 0.1) is 12.7 Å². The molecule has 6 heteroatoms. The Morgan fingerprint density at radius 3 is 2.20 bits per heavy atom. The second-order valence-corrected chi connectivity index (χ2v) is 8.58. The molecule has 3 nitrogen and oxygen atoms in total. The van der Waals surface area contributed by atoms with Gasteiger partial charge in [0.1, 0.15) is 5.82 Å². The molecule has 0 radical (unpaired) electrons. The molecular formula is C24H27ClFNO2S. The van der Waals surface area contributed by atoms with Crippen LogP contribution in [-0.4, -0.2) is 29.0 Å². The lowest BCUT2D eigenvalue weighted by molar-refractivity contribution is 0.115. The average molecular weight is 448 g/mol. The van der Waals surface area contributed by atoms with E-state index in [0.29, 0.717) is 18.4 Å². The Bertz CT molecular complexity index is 962. The van der Waals surface area contributed by atoms with E-state index in [-0.39, 0.29) is 31.4 Å². The van der Waals surface area contributed by atoms with Crippen molar-refractivity contribution < 1.29 is 14.6 Å². The summed E-state index contributed by atoms with van der Waals surface area (Å²) < 4.78 is 14.7.